The molecule has 0 radical (unpaired) electrons. The molecule has 0 bridgehead atoms. The fourth-order valence-electron chi connectivity index (χ4n) is 2.68. The number of nitrogens with one attached hydrogen (secondary N) is 1. The second-order valence-corrected chi connectivity index (χ2v) is 7.16. The number of carbonyl (C=O) groups is 1. The van der Waals surface area contributed by atoms with E-state index in [1.807, 2.05) is 43.3 Å². The SMILES string of the molecule is Cc1nnc2ccc(-c3cccc(NC(=O)CSc4ccc(F)cc4)c3)nn12. The maximum Gasteiger partial charge on any atom is 0.234 e. The van der Waals surface area contributed by atoms with Crippen LogP contribution in [0.25, 0.3) is 16.9 Å². The van der Waals surface area contributed by atoms with Crippen molar-refractivity contribution >= 4 is 29.0 Å². The molecule has 6 nitrogen and oxygen atoms in total. The summed E-state index contributed by atoms with van der Waals surface area (Å²) in [6.45, 7) is 1.84. The fourth-order valence-corrected chi connectivity index (χ4v) is 3.38. The van der Waals surface area contributed by atoms with Crippen LogP contribution in [-0.2, 0) is 4.79 Å². The molecule has 0 aliphatic carbocycles. The van der Waals surface area contributed by atoms with Gasteiger partial charge in [-0.3, -0.25) is 4.79 Å². The summed E-state index contributed by atoms with van der Waals surface area (Å²) in [7, 11) is 0. The summed E-state index contributed by atoms with van der Waals surface area (Å²) in [4.78, 5) is 13.1. The second-order valence-electron chi connectivity index (χ2n) is 6.11. The van der Waals surface area contributed by atoms with E-state index in [2.05, 4.69) is 20.6 Å². The van der Waals surface area contributed by atoms with Crippen molar-refractivity contribution in [3.05, 3.63) is 72.3 Å². The van der Waals surface area contributed by atoms with Crippen molar-refractivity contribution in [3.8, 4) is 11.3 Å². The minimum absolute atomic E-state index is 0.135. The first-order valence-corrected chi connectivity index (χ1v) is 9.55. The first kappa shape index (κ1) is 18.1. The van der Waals surface area contributed by atoms with Gasteiger partial charge in [0.15, 0.2) is 11.5 Å². The van der Waals surface area contributed by atoms with Crippen LogP contribution in [-0.4, -0.2) is 31.5 Å². The summed E-state index contributed by atoms with van der Waals surface area (Å²) < 4.78 is 14.6. The first-order valence-electron chi connectivity index (χ1n) is 8.56. The summed E-state index contributed by atoms with van der Waals surface area (Å²) in [6.07, 6.45) is 0. The zero-order valence-electron chi connectivity index (χ0n) is 15.0. The van der Waals surface area contributed by atoms with Gasteiger partial charge in [-0.05, 0) is 55.5 Å². The molecule has 0 atom stereocenters. The Labute approximate surface area is 164 Å². The lowest BCUT2D eigenvalue weighted by Crippen LogP contribution is -2.14. The smallest absolute Gasteiger partial charge is 0.234 e. The number of benzene rings is 2. The van der Waals surface area contributed by atoms with Crippen LogP contribution in [0.2, 0.25) is 0 Å². The van der Waals surface area contributed by atoms with Crippen molar-refractivity contribution < 1.29 is 9.18 Å². The Kier molecular flexibility index (Phi) is 5.03. The van der Waals surface area contributed by atoms with Crippen molar-refractivity contribution in [1.29, 1.82) is 0 Å². The number of amides is 1. The number of aromatic nitrogens is 4. The molecule has 1 amide bonds. The Morgan fingerprint density at radius 2 is 1.93 bits per heavy atom. The maximum atomic E-state index is 12.9. The highest BCUT2D eigenvalue weighted by Crippen LogP contribution is 2.22. The Morgan fingerprint density at radius 3 is 2.75 bits per heavy atom. The van der Waals surface area contributed by atoms with Gasteiger partial charge in [0.25, 0.3) is 0 Å². The van der Waals surface area contributed by atoms with Crippen molar-refractivity contribution in [3.63, 3.8) is 0 Å². The number of nitrogens with zero attached hydrogens (tertiary/aromatic N) is 4. The lowest BCUT2D eigenvalue weighted by Gasteiger charge is -2.08. The summed E-state index contributed by atoms with van der Waals surface area (Å²) in [5.41, 5.74) is 3.00. The van der Waals surface area contributed by atoms with Gasteiger partial charge in [-0.1, -0.05) is 12.1 Å². The second kappa shape index (κ2) is 7.77. The number of rotatable bonds is 5. The molecular weight excluding hydrogens is 377 g/mol. The lowest BCUT2D eigenvalue weighted by atomic mass is 10.1. The number of carbonyl (C=O) groups excluding carboxylic acids is 1. The predicted octanol–water partition coefficient (Wildman–Crippen LogP) is 3.97. The molecule has 4 aromatic rings. The maximum absolute atomic E-state index is 12.9. The number of aryl methyl sites for hydroxylation is 1. The molecular formula is C20H16FN5OS. The average molecular weight is 393 g/mol. The molecule has 0 fully saturated rings. The molecule has 0 saturated heterocycles. The van der Waals surface area contributed by atoms with Gasteiger partial charge in [0.2, 0.25) is 5.91 Å². The highest BCUT2D eigenvalue weighted by Gasteiger charge is 2.08. The van der Waals surface area contributed by atoms with Gasteiger partial charge in [0, 0.05) is 16.1 Å². The number of fused-ring (bicyclic) bond motifs is 1. The number of hydrogen-bond acceptors (Lipinski definition) is 5. The molecule has 4 rings (SSSR count). The Hall–Kier alpha value is -3.26. The summed E-state index contributed by atoms with van der Waals surface area (Å²) in [5.74, 6) is 0.516. The summed E-state index contributed by atoms with van der Waals surface area (Å²) in [6, 6.07) is 17.3. The topological polar surface area (TPSA) is 72.2 Å². The van der Waals surface area contributed by atoms with Gasteiger partial charge in [0.05, 0.1) is 11.4 Å². The molecule has 0 saturated carbocycles. The van der Waals surface area contributed by atoms with Gasteiger partial charge >= 0.3 is 0 Å². The van der Waals surface area contributed by atoms with Crippen molar-refractivity contribution in [2.75, 3.05) is 11.1 Å². The van der Waals surface area contributed by atoms with Crippen LogP contribution in [0.1, 0.15) is 5.82 Å². The third-order valence-corrected chi connectivity index (χ3v) is 5.06. The molecule has 2 aromatic heterocycles. The highest BCUT2D eigenvalue weighted by atomic mass is 32.2. The van der Waals surface area contributed by atoms with E-state index < -0.39 is 0 Å². The largest absolute Gasteiger partial charge is 0.325 e. The van der Waals surface area contributed by atoms with Crippen LogP contribution < -0.4 is 5.32 Å². The molecule has 28 heavy (non-hydrogen) atoms. The Morgan fingerprint density at radius 1 is 1.11 bits per heavy atom. The van der Waals surface area contributed by atoms with E-state index in [1.54, 1.807) is 16.6 Å². The Balaban J connectivity index is 1.46. The van der Waals surface area contributed by atoms with Crippen molar-refractivity contribution in [2.24, 2.45) is 0 Å². The summed E-state index contributed by atoms with van der Waals surface area (Å²) in [5, 5.41) is 15.5. The van der Waals surface area contributed by atoms with Crippen LogP contribution in [0.4, 0.5) is 10.1 Å². The van der Waals surface area contributed by atoms with E-state index in [-0.39, 0.29) is 17.5 Å². The van der Waals surface area contributed by atoms with Gasteiger partial charge in [-0.15, -0.1) is 22.0 Å². The number of anilines is 1. The average Bonchev–Trinajstić information content (AvgIpc) is 3.08. The molecule has 2 aromatic carbocycles. The summed E-state index contributed by atoms with van der Waals surface area (Å²) >= 11 is 1.35. The van der Waals surface area contributed by atoms with E-state index in [4.69, 9.17) is 0 Å². The monoisotopic (exact) mass is 393 g/mol. The lowest BCUT2D eigenvalue weighted by molar-refractivity contribution is -0.113. The van der Waals surface area contributed by atoms with Crippen LogP contribution >= 0.6 is 11.8 Å². The number of thioether (sulfide) groups is 1. The van der Waals surface area contributed by atoms with E-state index in [0.29, 0.717) is 17.2 Å². The predicted molar refractivity (Wildman–Crippen MR) is 107 cm³/mol. The molecule has 8 heteroatoms. The van der Waals surface area contributed by atoms with E-state index in [1.165, 1.54) is 23.9 Å². The number of halogens is 1. The zero-order valence-corrected chi connectivity index (χ0v) is 15.8. The minimum atomic E-state index is -0.293. The van der Waals surface area contributed by atoms with Gasteiger partial charge in [-0.25, -0.2) is 4.39 Å². The molecule has 0 unspecified atom stereocenters. The van der Waals surface area contributed by atoms with Crippen LogP contribution in [0, 0.1) is 12.7 Å². The third kappa shape index (κ3) is 4.01. The van der Waals surface area contributed by atoms with E-state index in [0.717, 1.165) is 16.2 Å². The highest BCUT2D eigenvalue weighted by molar-refractivity contribution is 8.00. The van der Waals surface area contributed by atoms with Gasteiger partial charge in [0.1, 0.15) is 5.82 Å². The van der Waals surface area contributed by atoms with E-state index >= 15 is 0 Å². The van der Waals surface area contributed by atoms with Crippen molar-refractivity contribution in [2.45, 2.75) is 11.8 Å². The Bertz CT molecular complexity index is 1140. The van der Waals surface area contributed by atoms with E-state index in [9.17, 15) is 9.18 Å². The quantitative estimate of drug-likeness (QED) is 0.520. The molecule has 0 spiro atoms. The fraction of sp³-hybridized carbons (Fsp3) is 0.100. The molecule has 2 heterocycles. The standard InChI is InChI=1S/C20H16FN5OS/c1-13-23-24-19-10-9-18(25-26(13)19)14-3-2-4-16(11-14)22-20(27)12-28-17-7-5-15(21)6-8-17/h2-11H,12H2,1H3,(H,22,27). The van der Waals surface area contributed by atoms with Crippen LogP contribution in [0.3, 0.4) is 0 Å². The molecule has 0 aliphatic rings. The minimum Gasteiger partial charge on any atom is -0.325 e. The number of hydrogen-bond donors (Lipinski definition) is 1. The van der Waals surface area contributed by atoms with Crippen LogP contribution in [0.5, 0.6) is 0 Å². The normalized spacial score (nSPS) is 10.9. The molecule has 1 N–H and O–H groups in total. The zero-order chi connectivity index (χ0) is 19.5. The van der Waals surface area contributed by atoms with Crippen molar-refractivity contribution in [1.82, 2.24) is 19.8 Å². The molecule has 0 aliphatic heterocycles. The van der Waals surface area contributed by atoms with Gasteiger partial charge in [-0.2, -0.15) is 9.61 Å². The van der Waals surface area contributed by atoms with Crippen LogP contribution in [0.15, 0.2) is 65.6 Å². The van der Waals surface area contributed by atoms with Gasteiger partial charge < -0.3 is 5.32 Å². The molecule has 140 valence electrons. The first-order chi connectivity index (χ1) is 13.6. The third-order valence-electron chi connectivity index (χ3n) is 4.04.